The lowest BCUT2D eigenvalue weighted by molar-refractivity contribution is 0.414. The quantitative estimate of drug-likeness (QED) is 0.701. The average Bonchev–Trinajstić information content (AvgIpc) is 3.00. The molecule has 3 nitrogen and oxygen atoms in total. The van der Waals surface area contributed by atoms with Crippen LogP contribution in [-0.4, -0.2) is 12.3 Å². The van der Waals surface area contributed by atoms with Crippen molar-refractivity contribution in [2.24, 2.45) is 0 Å². The molecule has 3 heteroatoms. The second-order valence-corrected chi connectivity index (χ2v) is 5.10. The topological polar surface area (TPSA) is 35.3 Å². The van der Waals surface area contributed by atoms with Gasteiger partial charge in [-0.2, -0.15) is 0 Å². The predicted molar refractivity (Wildman–Crippen MR) is 83.4 cm³/mol. The lowest BCUT2D eigenvalue weighted by Crippen LogP contribution is -1.83. The number of benzene rings is 2. The maximum atomic E-state index is 5.46. The van der Waals surface area contributed by atoms with Crippen LogP contribution in [-0.2, 0) is 0 Å². The highest BCUT2D eigenvalue weighted by Gasteiger charge is 2.09. The Morgan fingerprint density at radius 1 is 0.857 bits per heavy atom. The molecule has 3 rings (SSSR count). The largest absolute Gasteiger partial charge is 0.497 e. The van der Waals surface area contributed by atoms with Crippen LogP contribution in [0.4, 0.5) is 0 Å². The first-order chi connectivity index (χ1) is 10.2. The third-order valence-electron chi connectivity index (χ3n) is 3.69. The zero-order valence-corrected chi connectivity index (χ0v) is 12.4. The van der Waals surface area contributed by atoms with Crippen LogP contribution in [0.2, 0.25) is 0 Å². The van der Waals surface area contributed by atoms with Crippen LogP contribution in [0.5, 0.6) is 5.75 Å². The van der Waals surface area contributed by atoms with Gasteiger partial charge in [0, 0.05) is 17.2 Å². The molecule has 0 aliphatic heterocycles. The summed E-state index contributed by atoms with van der Waals surface area (Å²) >= 11 is 0. The predicted octanol–water partition coefficient (Wildman–Crippen LogP) is 4.63. The normalized spacial score (nSPS) is 10.6. The van der Waals surface area contributed by atoms with E-state index in [-0.39, 0.29) is 0 Å². The van der Waals surface area contributed by atoms with Crippen molar-refractivity contribution in [3.05, 3.63) is 59.7 Å². The molecule has 0 atom stereocenters. The second kappa shape index (κ2) is 5.44. The Morgan fingerprint density at radius 2 is 1.57 bits per heavy atom. The minimum Gasteiger partial charge on any atom is -0.497 e. The highest BCUT2D eigenvalue weighted by atomic mass is 16.5. The van der Waals surface area contributed by atoms with E-state index in [4.69, 9.17) is 9.26 Å². The molecule has 0 spiro atoms. The maximum Gasteiger partial charge on any atom is 0.167 e. The van der Waals surface area contributed by atoms with E-state index in [9.17, 15) is 0 Å². The summed E-state index contributed by atoms with van der Waals surface area (Å²) in [6.07, 6.45) is 0. The van der Waals surface area contributed by atoms with Gasteiger partial charge in [-0.1, -0.05) is 17.3 Å². The fraction of sp³-hybridized carbons (Fsp3) is 0.167. The number of rotatable bonds is 3. The third-order valence-corrected chi connectivity index (χ3v) is 3.69. The summed E-state index contributed by atoms with van der Waals surface area (Å²) in [5.41, 5.74) is 5.43. The molecule has 0 N–H and O–H groups in total. The SMILES string of the molecule is COc1ccc(-c2cc(-c3ccc(C)c(C)c3)no2)cc1. The van der Waals surface area contributed by atoms with Crippen LogP contribution in [0.1, 0.15) is 11.1 Å². The van der Waals surface area contributed by atoms with Gasteiger partial charge in [0.15, 0.2) is 5.76 Å². The van der Waals surface area contributed by atoms with Crippen LogP contribution < -0.4 is 4.74 Å². The summed E-state index contributed by atoms with van der Waals surface area (Å²) < 4.78 is 10.6. The molecule has 0 unspecified atom stereocenters. The molecular weight excluding hydrogens is 262 g/mol. The zero-order valence-electron chi connectivity index (χ0n) is 12.4. The first-order valence-corrected chi connectivity index (χ1v) is 6.86. The minimum absolute atomic E-state index is 0.755. The van der Waals surface area contributed by atoms with E-state index in [1.165, 1.54) is 11.1 Å². The van der Waals surface area contributed by atoms with Gasteiger partial charge in [-0.3, -0.25) is 0 Å². The van der Waals surface area contributed by atoms with Gasteiger partial charge in [-0.15, -0.1) is 0 Å². The summed E-state index contributed by atoms with van der Waals surface area (Å²) in [6, 6.07) is 16.0. The van der Waals surface area contributed by atoms with Crippen LogP contribution in [0.3, 0.4) is 0 Å². The summed E-state index contributed by atoms with van der Waals surface area (Å²) in [5.74, 6) is 1.58. The van der Waals surface area contributed by atoms with Gasteiger partial charge in [0.05, 0.1) is 7.11 Å². The van der Waals surface area contributed by atoms with E-state index in [1.54, 1.807) is 7.11 Å². The van der Waals surface area contributed by atoms with E-state index in [0.29, 0.717) is 0 Å². The van der Waals surface area contributed by atoms with Crippen molar-refractivity contribution < 1.29 is 9.26 Å². The number of methoxy groups -OCH3 is 1. The molecule has 0 saturated heterocycles. The summed E-state index contributed by atoms with van der Waals surface area (Å²) in [4.78, 5) is 0. The molecule has 1 heterocycles. The number of aromatic nitrogens is 1. The van der Waals surface area contributed by atoms with Crippen molar-refractivity contribution in [1.29, 1.82) is 0 Å². The van der Waals surface area contributed by atoms with Gasteiger partial charge in [-0.05, 0) is 55.3 Å². The Bertz CT molecular complexity index is 757. The van der Waals surface area contributed by atoms with E-state index >= 15 is 0 Å². The van der Waals surface area contributed by atoms with Gasteiger partial charge >= 0.3 is 0 Å². The Morgan fingerprint density at radius 3 is 2.24 bits per heavy atom. The molecule has 106 valence electrons. The van der Waals surface area contributed by atoms with Crippen molar-refractivity contribution in [3.63, 3.8) is 0 Å². The number of ether oxygens (including phenoxy) is 1. The molecule has 2 aromatic carbocycles. The molecule has 0 amide bonds. The highest BCUT2D eigenvalue weighted by Crippen LogP contribution is 2.28. The van der Waals surface area contributed by atoms with Crippen molar-refractivity contribution in [1.82, 2.24) is 5.16 Å². The Labute approximate surface area is 124 Å². The second-order valence-electron chi connectivity index (χ2n) is 5.10. The third kappa shape index (κ3) is 2.68. The monoisotopic (exact) mass is 279 g/mol. The van der Waals surface area contributed by atoms with Crippen LogP contribution in [0, 0.1) is 13.8 Å². The molecule has 3 aromatic rings. The lowest BCUT2D eigenvalue weighted by atomic mass is 10.0. The first-order valence-electron chi connectivity index (χ1n) is 6.86. The Balaban J connectivity index is 1.93. The van der Waals surface area contributed by atoms with Crippen molar-refractivity contribution in [2.45, 2.75) is 13.8 Å². The van der Waals surface area contributed by atoms with Gasteiger partial charge in [0.25, 0.3) is 0 Å². The number of aryl methyl sites for hydroxylation is 2. The van der Waals surface area contributed by atoms with Gasteiger partial charge in [0.2, 0.25) is 0 Å². The van der Waals surface area contributed by atoms with Gasteiger partial charge in [0.1, 0.15) is 11.4 Å². The molecule has 0 fully saturated rings. The van der Waals surface area contributed by atoms with E-state index in [2.05, 4.69) is 37.2 Å². The first kappa shape index (κ1) is 13.4. The molecular formula is C18H17NO2. The van der Waals surface area contributed by atoms with E-state index in [1.807, 2.05) is 30.3 Å². The molecule has 0 bridgehead atoms. The van der Waals surface area contributed by atoms with E-state index < -0.39 is 0 Å². The smallest absolute Gasteiger partial charge is 0.167 e. The average molecular weight is 279 g/mol. The zero-order chi connectivity index (χ0) is 14.8. The fourth-order valence-electron chi connectivity index (χ4n) is 2.20. The molecule has 0 saturated carbocycles. The standard InChI is InChI=1S/C18H17NO2/c1-12-4-5-15(10-13(12)2)17-11-18(21-19-17)14-6-8-16(20-3)9-7-14/h4-11H,1-3H3. The van der Waals surface area contributed by atoms with Crippen LogP contribution in [0.25, 0.3) is 22.6 Å². The highest BCUT2D eigenvalue weighted by molar-refractivity contribution is 5.67. The summed E-state index contributed by atoms with van der Waals surface area (Å²) in [7, 11) is 1.65. The molecule has 21 heavy (non-hydrogen) atoms. The van der Waals surface area contributed by atoms with Crippen LogP contribution in [0.15, 0.2) is 53.1 Å². The lowest BCUT2D eigenvalue weighted by Gasteiger charge is -2.01. The number of hydrogen-bond donors (Lipinski definition) is 0. The van der Waals surface area contributed by atoms with E-state index in [0.717, 1.165) is 28.3 Å². The summed E-state index contributed by atoms with van der Waals surface area (Å²) in [5, 5.41) is 4.17. The fourth-order valence-corrected chi connectivity index (χ4v) is 2.20. The van der Waals surface area contributed by atoms with Gasteiger partial charge in [-0.25, -0.2) is 0 Å². The van der Waals surface area contributed by atoms with Crippen LogP contribution >= 0.6 is 0 Å². The number of nitrogens with zero attached hydrogens (tertiary/aromatic N) is 1. The molecule has 1 aromatic heterocycles. The Kier molecular flexibility index (Phi) is 3.48. The maximum absolute atomic E-state index is 5.46. The van der Waals surface area contributed by atoms with Crippen molar-refractivity contribution in [3.8, 4) is 28.3 Å². The van der Waals surface area contributed by atoms with Gasteiger partial charge < -0.3 is 9.26 Å². The molecule has 0 aliphatic rings. The van der Waals surface area contributed by atoms with Crippen molar-refractivity contribution >= 4 is 0 Å². The number of hydrogen-bond acceptors (Lipinski definition) is 3. The van der Waals surface area contributed by atoms with Crippen molar-refractivity contribution in [2.75, 3.05) is 7.11 Å². The molecule has 0 radical (unpaired) electrons. The summed E-state index contributed by atoms with van der Waals surface area (Å²) in [6.45, 7) is 4.20. The minimum atomic E-state index is 0.755. The Hall–Kier alpha value is -2.55. The molecule has 0 aliphatic carbocycles.